The summed E-state index contributed by atoms with van der Waals surface area (Å²) in [7, 11) is 0. The highest BCUT2D eigenvalue weighted by Gasteiger charge is 2.19. The maximum absolute atomic E-state index is 12.9. The van der Waals surface area contributed by atoms with Crippen LogP contribution < -0.4 is 0 Å². The van der Waals surface area contributed by atoms with Gasteiger partial charge in [-0.3, -0.25) is 14.4 Å². The van der Waals surface area contributed by atoms with E-state index in [-0.39, 0.29) is 37.5 Å². The molecule has 0 heterocycles. The Morgan fingerprint density at radius 3 is 0.805 bits per heavy atom. The molecule has 1 unspecified atom stereocenters. The quantitative estimate of drug-likeness (QED) is 0.0261. The topological polar surface area (TPSA) is 78.9 Å². The standard InChI is InChI=1S/C71H112O6/c1-4-7-10-13-16-19-22-25-27-29-31-33-35-37-39-41-43-46-49-52-55-58-61-64-70(73)76-67-68(66-75-69(72)63-60-57-54-51-48-45-24-21-18-15-12-9-6-3)77-71(74)65-62-59-56-53-50-47-44-42-40-38-36-34-32-30-28-26-23-20-17-14-11-8-5-2/h7-12,16-21,25-28,31-34,37,39,45,48,54,57,68H,4-6,13-15,22-24,29-30,35-36,38,40-44,46-47,49-53,55-56,58-67H2,1-3H3/b10-7-,11-8-,12-9-,19-16-,20-17-,21-18-,27-25-,28-26-,33-31-,34-32-,39-37-,48-45-,57-54-. The summed E-state index contributed by atoms with van der Waals surface area (Å²) in [6.45, 7) is 6.22. The van der Waals surface area contributed by atoms with Crippen molar-refractivity contribution in [2.45, 2.75) is 258 Å². The summed E-state index contributed by atoms with van der Waals surface area (Å²) >= 11 is 0. The van der Waals surface area contributed by atoms with E-state index >= 15 is 0 Å². The fourth-order valence-electron chi connectivity index (χ4n) is 8.00. The minimum absolute atomic E-state index is 0.114. The molecule has 77 heavy (non-hydrogen) atoms. The Balaban J connectivity index is 4.44. The van der Waals surface area contributed by atoms with E-state index < -0.39 is 6.10 Å². The molecule has 0 radical (unpaired) electrons. The van der Waals surface area contributed by atoms with Gasteiger partial charge in [0.15, 0.2) is 6.10 Å². The molecule has 0 aliphatic carbocycles. The number of hydrogen-bond donors (Lipinski definition) is 0. The molecule has 0 N–H and O–H groups in total. The first-order chi connectivity index (χ1) is 38.0. The van der Waals surface area contributed by atoms with E-state index in [4.69, 9.17) is 14.2 Å². The van der Waals surface area contributed by atoms with Crippen molar-refractivity contribution in [2.75, 3.05) is 13.2 Å². The van der Waals surface area contributed by atoms with E-state index in [9.17, 15) is 14.4 Å². The summed E-state index contributed by atoms with van der Waals surface area (Å²) in [6, 6.07) is 0. The van der Waals surface area contributed by atoms with Crippen LogP contribution in [0.4, 0.5) is 0 Å². The van der Waals surface area contributed by atoms with E-state index in [1.54, 1.807) is 0 Å². The highest BCUT2D eigenvalue weighted by Crippen LogP contribution is 2.15. The summed E-state index contributed by atoms with van der Waals surface area (Å²) in [6.07, 6.45) is 92.6. The number of unbranched alkanes of at least 4 members (excludes halogenated alkanes) is 17. The lowest BCUT2D eigenvalue weighted by molar-refractivity contribution is -0.166. The summed E-state index contributed by atoms with van der Waals surface area (Å²) < 4.78 is 16.8. The van der Waals surface area contributed by atoms with Crippen LogP contribution in [0.2, 0.25) is 0 Å². The van der Waals surface area contributed by atoms with Gasteiger partial charge in [-0.15, -0.1) is 0 Å². The predicted octanol–water partition coefficient (Wildman–Crippen LogP) is 21.3. The van der Waals surface area contributed by atoms with E-state index in [0.717, 1.165) is 128 Å². The van der Waals surface area contributed by atoms with Crippen molar-refractivity contribution in [3.8, 4) is 0 Å². The number of allylic oxidation sites excluding steroid dienone is 26. The molecule has 0 aromatic carbocycles. The maximum atomic E-state index is 12.9. The Kier molecular flexibility index (Phi) is 59.5. The first kappa shape index (κ1) is 72.0. The molecular weight excluding hydrogens is 949 g/mol. The third-order valence-corrected chi connectivity index (χ3v) is 12.5. The SMILES string of the molecule is CC/C=C\C/C=C\C/C=C\C/C=C\C/C=C\CCCCCCCCCC(=O)OCC(COC(=O)CC/C=C\C/C=C\C/C=C\C/C=C\CC)OC(=O)CCCCCCCCCCCC/C=C\C/C=C\C/C=C\C/C=C\CC. The van der Waals surface area contributed by atoms with Crippen LogP contribution in [-0.2, 0) is 28.6 Å². The van der Waals surface area contributed by atoms with Crippen LogP contribution in [-0.4, -0.2) is 37.2 Å². The third-order valence-electron chi connectivity index (χ3n) is 12.5. The lowest BCUT2D eigenvalue weighted by atomic mass is 10.0. The van der Waals surface area contributed by atoms with Gasteiger partial charge in [0.2, 0.25) is 0 Å². The molecule has 0 saturated heterocycles. The van der Waals surface area contributed by atoms with Crippen molar-refractivity contribution in [3.05, 3.63) is 158 Å². The molecule has 0 aromatic heterocycles. The summed E-state index contributed by atoms with van der Waals surface area (Å²) in [4.78, 5) is 38.2. The fraction of sp³-hybridized carbons (Fsp3) is 0.592. The number of carbonyl (C=O) groups is 3. The van der Waals surface area contributed by atoms with Crippen LogP contribution in [0, 0.1) is 0 Å². The highest BCUT2D eigenvalue weighted by molar-refractivity contribution is 5.71. The molecule has 0 aliphatic heterocycles. The van der Waals surface area contributed by atoms with E-state index in [0.29, 0.717) is 19.3 Å². The zero-order valence-electron chi connectivity index (χ0n) is 49.4. The Morgan fingerprint density at radius 1 is 0.260 bits per heavy atom. The highest BCUT2D eigenvalue weighted by atomic mass is 16.6. The maximum Gasteiger partial charge on any atom is 0.306 e. The Labute approximate surface area is 473 Å². The van der Waals surface area contributed by atoms with Gasteiger partial charge in [-0.2, -0.15) is 0 Å². The second-order valence-corrected chi connectivity index (χ2v) is 19.8. The largest absolute Gasteiger partial charge is 0.462 e. The lowest BCUT2D eigenvalue weighted by Crippen LogP contribution is -2.30. The monoisotopic (exact) mass is 1060 g/mol. The molecule has 6 heteroatoms. The number of esters is 3. The van der Waals surface area contributed by atoms with Gasteiger partial charge in [-0.05, 0) is 128 Å². The summed E-state index contributed by atoms with van der Waals surface area (Å²) in [5.74, 6) is -1.02. The van der Waals surface area contributed by atoms with Crippen molar-refractivity contribution >= 4 is 17.9 Å². The molecule has 0 fully saturated rings. The zero-order chi connectivity index (χ0) is 55.7. The van der Waals surface area contributed by atoms with Crippen molar-refractivity contribution in [1.29, 1.82) is 0 Å². The average molecular weight is 1060 g/mol. The van der Waals surface area contributed by atoms with Gasteiger partial charge < -0.3 is 14.2 Å². The van der Waals surface area contributed by atoms with Crippen LogP contribution in [0.25, 0.3) is 0 Å². The van der Waals surface area contributed by atoms with Crippen molar-refractivity contribution in [1.82, 2.24) is 0 Å². The molecule has 0 amide bonds. The first-order valence-electron chi connectivity index (χ1n) is 31.0. The van der Waals surface area contributed by atoms with E-state index in [1.807, 2.05) is 12.2 Å². The first-order valence-corrected chi connectivity index (χ1v) is 31.0. The van der Waals surface area contributed by atoms with Gasteiger partial charge in [-0.1, -0.05) is 262 Å². The molecule has 0 rings (SSSR count). The van der Waals surface area contributed by atoms with Crippen LogP contribution in [0.15, 0.2) is 158 Å². The van der Waals surface area contributed by atoms with Gasteiger partial charge in [0.05, 0.1) is 0 Å². The van der Waals surface area contributed by atoms with Gasteiger partial charge in [0.25, 0.3) is 0 Å². The number of carbonyl (C=O) groups excluding carboxylic acids is 3. The van der Waals surface area contributed by atoms with E-state index in [2.05, 4.69) is 167 Å². The minimum Gasteiger partial charge on any atom is -0.462 e. The van der Waals surface area contributed by atoms with Crippen molar-refractivity contribution < 1.29 is 28.6 Å². The Morgan fingerprint density at radius 2 is 0.494 bits per heavy atom. The summed E-state index contributed by atoms with van der Waals surface area (Å²) in [5.41, 5.74) is 0. The molecule has 1 atom stereocenters. The Bertz CT molecular complexity index is 1740. The second kappa shape index (κ2) is 63.6. The van der Waals surface area contributed by atoms with Crippen LogP contribution in [0.1, 0.15) is 252 Å². The van der Waals surface area contributed by atoms with Crippen LogP contribution in [0.3, 0.4) is 0 Å². The molecule has 0 spiro atoms. The number of hydrogen-bond acceptors (Lipinski definition) is 6. The fourth-order valence-corrected chi connectivity index (χ4v) is 8.00. The molecule has 0 saturated carbocycles. The third kappa shape index (κ3) is 61.8. The molecular formula is C71H112O6. The molecule has 0 aromatic rings. The zero-order valence-corrected chi connectivity index (χ0v) is 49.4. The number of rotatable bonds is 54. The summed E-state index contributed by atoms with van der Waals surface area (Å²) in [5, 5.41) is 0. The molecule has 6 nitrogen and oxygen atoms in total. The lowest BCUT2D eigenvalue weighted by Gasteiger charge is -2.18. The predicted molar refractivity (Wildman–Crippen MR) is 334 cm³/mol. The van der Waals surface area contributed by atoms with Crippen LogP contribution in [0.5, 0.6) is 0 Å². The average Bonchev–Trinajstić information content (AvgIpc) is 3.43. The van der Waals surface area contributed by atoms with Crippen LogP contribution >= 0.6 is 0 Å². The van der Waals surface area contributed by atoms with Crippen molar-refractivity contribution in [3.63, 3.8) is 0 Å². The van der Waals surface area contributed by atoms with Gasteiger partial charge >= 0.3 is 17.9 Å². The molecule has 432 valence electrons. The molecule has 0 aliphatic rings. The number of ether oxygens (including phenoxy) is 3. The van der Waals surface area contributed by atoms with Gasteiger partial charge in [-0.25, -0.2) is 0 Å². The smallest absolute Gasteiger partial charge is 0.306 e. The second-order valence-electron chi connectivity index (χ2n) is 19.8. The molecule has 0 bridgehead atoms. The van der Waals surface area contributed by atoms with E-state index in [1.165, 1.54) is 77.0 Å². The Hall–Kier alpha value is -4.97. The normalized spacial score (nSPS) is 13.2. The minimum atomic E-state index is -0.823. The van der Waals surface area contributed by atoms with Crippen molar-refractivity contribution in [2.24, 2.45) is 0 Å². The van der Waals surface area contributed by atoms with Gasteiger partial charge in [0.1, 0.15) is 13.2 Å². The van der Waals surface area contributed by atoms with Gasteiger partial charge in [0, 0.05) is 19.3 Å².